The maximum absolute atomic E-state index is 12.0. The van der Waals surface area contributed by atoms with Gasteiger partial charge in [-0.2, -0.15) is 0 Å². The van der Waals surface area contributed by atoms with Crippen LogP contribution in [0.25, 0.3) is 0 Å². The van der Waals surface area contributed by atoms with Crippen LogP contribution in [0, 0.1) is 47.9 Å². The van der Waals surface area contributed by atoms with E-state index in [1.807, 2.05) is 11.8 Å². The van der Waals surface area contributed by atoms with E-state index in [0.717, 1.165) is 19.3 Å². The normalized spacial score (nSPS) is 10.1. The molecule has 0 aliphatic heterocycles. The van der Waals surface area contributed by atoms with E-state index in [1.54, 1.807) is 0 Å². The van der Waals surface area contributed by atoms with E-state index in [2.05, 4.69) is 41.0 Å². The van der Waals surface area contributed by atoms with Crippen molar-refractivity contribution in [3.63, 3.8) is 0 Å². The molecule has 0 aliphatic carbocycles. The van der Waals surface area contributed by atoms with Crippen LogP contribution in [-0.2, 0) is 28.2 Å². The molecular formula is C24H29Na2O8P. The van der Waals surface area contributed by atoms with Crippen molar-refractivity contribution in [3.05, 3.63) is 0 Å². The molecular weight excluding hydrogens is 493 g/mol. The fourth-order valence-electron chi connectivity index (χ4n) is 2.53. The molecule has 0 N–H and O–H groups in total. The van der Waals surface area contributed by atoms with Crippen LogP contribution in [-0.4, -0.2) is 31.3 Å². The number of esters is 2. The Bertz CT molecular complexity index is 875. The molecule has 1 atom stereocenters. The summed E-state index contributed by atoms with van der Waals surface area (Å²) in [5.41, 5.74) is 0. The second-order valence-electron chi connectivity index (χ2n) is 6.93. The minimum Gasteiger partial charge on any atom is -0.790 e. The Morgan fingerprint density at radius 2 is 1.40 bits per heavy atom. The van der Waals surface area contributed by atoms with Crippen LogP contribution in [0.2, 0.25) is 0 Å². The van der Waals surface area contributed by atoms with Crippen molar-refractivity contribution in [2.75, 3.05) is 13.2 Å². The first-order valence-corrected chi connectivity index (χ1v) is 12.2. The fraction of sp³-hybridized carbons (Fsp3) is 0.583. The predicted molar refractivity (Wildman–Crippen MR) is 118 cm³/mol. The van der Waals surface area contributed by atoms with Crippen LogP contribution in [0.5, 0.6) is 0 Å². The summed E-state index contributed by atoms with van der Waals surface area (Å²) in [4.78, 5) is 45.0. The Balaban J connectivity index is -0.00000512. The quantitative estimate of drug-likeness (QED) is 0.0500. The Morgan fingerprint density at radius 3 is 1.97 bits per heavy atom. The number of unbranched alkanes of at least 4 members (excludes halogenated alkanes) is 8. The molecule has 0 saturated carbocycles. The number of phosphoric ester groups is 1. The molecule has 0 rings (SSSR count). The Morgan fingerprint density at radius 1 is 0.857 bits per heavy atom. The Kier molecular flexibility index (Phi) is 29.2. The van der Waals surface area contributed by atoms with Crippen LogP contribution >= 0.6 is 7.82 Å². The average Bonchev–Trinajstić information content (AvgIpc) is 2.76. The van der Waals surface area contributed by atoms with Crippen LogP contribution in [0.3, 0.4) is 0 Å². The number of carbonyl (C=O) groups excluding carboxylic acids is 2. The molecule has 0 fully saturated rings. The summed E-state index contributed by atoms with van der Waals surface area (Å²) < 4.78 is 24.7. The molecule has 0 spiro atoms. The van der Waals surface area contributed by atoms with E-state index in [1.165, 1.54) is 32.1 Å². The van der Waals surface area contributed by atoms with Crippen LogP contribution in [0.1, 0.15) is 71.1 Å². The summed E-state index contributed by atoms with van der Waals surface area (Å²) in [7, 11) is -5.29. The van der Waals surface area contributed by atoms with Crippen LogP contribution < -0.4 is 68.9 Å². The second-order valence-corrected chi connectivity index (χ2v) is 8.08. The molecule has 0 amide bonds. The number of phosphoric acid groups is 1. The van der Waals surface area contributed by atoms with Gasteiger partial charge in [0.15, 0.2) is 6.10 Å². The number of ether oxygens (including phenoxy) is 2. The summed E-state index contributed by atoms with van der Waals surface area (Å²) in [6.45, 7) is 0.863. The van der Waals surface area contributed by atoms with E-state index in [4.69, 9.17) is 15.9 Å². The molecule has 0 aromatic heterocycles. The number of hydrogen-bond donors (Lipinski definition) is 0. The van der Waals surface area contributed by atoms with Gasteiger partial charge in [0.05, 0.1) is 14.4 Å². The van der Waals surface area contributed by atoms with Crippen LogP contribution in [0.4, 0.5) is 0 Å². The van der Waals surface area contributed by atoms with Gasteiger partial charge in [0.1, 0.15) is 6.61 Å². The minimum absolute atomic E-state index is 0. The second kappa shape index (κ2) is 26.4. The number of terminal acetylenes is 1. The Hall–Kier alpha value is -0.710. The van der Waals surface area contributed by atoms with Crippen molar-refractivity contribution >= 4 is 19.8 Å². The number of rotatable bonds is 16. The molecule has 0 bridgehead atoms. The first kappa shape index (κ1) is 38.8. The summed E-state index contributed by atoms with van der Waals surface area (Å²) >= 11 is 0. The molecule has 0 radical (unpaired) electrons. The van der Waals surface area contributed by atoms with Crippen LogP contribution in [0.15, 0.2) is 0 Å². The van der Waals surface area contributed by atoms with E-state index in [-0.39, 0.29) is 65.5 Å². The van der Waals surface area contributed by atoms with Crippen molar-refractivity contribution < 1.29 is 97.1 Å². The van der Waals surface area contributed by atoms with Gasteiger partial charge in [-0.25, -0.2) is 4.79 Å². The molecule has 0 aromatic rings. The summed E-state index contributed by atoms with van der Waals surface area (Å²) in [5, 5.41) is 0. The van der Waals surface area contributed by atoms with Gasteiger partial charge >= 0.3 is 71.1 Å². The standard InChI is InChI=1S/C24H31O8P.2Na/c1-3-5-7-9-11-12-13-15-17-19-24(26)32-22(21-31-33(27,28)29)20-30-23(25)18-16-14-10-8-6-4-2;;/h2,22H,3,5,7,9,11-13,15,17,19-21H2,1H3,(H2,27,28,29);;/q;2*+1/p-2/t22-;;/m1../s1. The van der Waals surface area contributed by atoms with E-state index >= 15 is 0 Å². The third kappa shape index (κ3) is 29.4. The molecule has 35 heavy (non-hydrogen) atoms. The van der Waals surface area contributed by atoms with Gasteiger partial charge < -0.3 is 28.3 Å². The zero-order valence-corrected chi connectivity index (χ0v) is 25.7. The number of hydrogen-bond acceptors (Lipinski definition) is 8. The van der Waals surface area contributed by atoms with E-state index in [9.17, 15) is 23.9 Å². The molecule has 11 heteroatoms. The summed E-state index contributed by atoms with van der Waals surface area (Å²) in [6, 6.07) is 0. The smallest absolute Gasteiger partial charge is 0.790 e. The molecule has 0 heterocycles. The molecule has 180 valence electrons. The molecule has 0 unspecified atom stereocenters. The predicted octanol–water partition coefficient (Wildman–Crippen LogP) is -4.14. The average molecular weight is 522 g/mol. The molecule has 0 aliphatic rings. The van der Waals surface area contributed by atoms with Gasteiger partial charge in [-0.05, 0) is 41.9 Å². The monoisotopic (exact) mass is 522 g/mol. The third-order valence-electron chi connectivity index (χ3n) is 4.09. The third-order valence-corrected chi connectivity index (χ3v) is 4.55. The van der Waals surface area contributed by atoms with Crippen molar-refractivity contribution in [2.45, 2.75) is 77.2 Å². The first-order valence-electron chi connectivity index (χ1n) is 10.8. The van der Waals surface area contributed by atoms with Gasteiger partial charge in [-0.15, -0.1) is 6.42 Å². The van der Waals surface area contributed by atoms with Crippen molar-refractivity contribution in [2.24, 2.45) is 0 Å². The van der Waals surface area contributed by atoms with Crippen molar-refractivity contribution in [1.82, 2.24) is 0 Å². The van der Waals surface area contributed by atoms with Gasteiger partial charge in [0, 0.05) is 12.3 Å². The SMILES string of the molecule is C#CC#CC#CC#CC(=O)OC[C@H](COP(=O)([O-])[O-])OC(=O)CCCCCCCCCCC.[Na+].[Na+]. The minimum atomic E-state index is -5.29. The number of carbonyl (C=O) groups is 2. The first-order chi connectivity index (χ1) is 15.8. The summed E-state index contributed by atoms with van der Waals surface area (Å²) in [5.74, 6) is 13.7. The van der Waals surface area contributed by atoms with Gasteiger partial charge in [-0.1, -0.05) is 58.3 Å². The van der Waals surface area contributed by atoms with Gasteiger partial charge in [0.2, 0.25) is 0 Å². The molecule has 8 nitrogen and oxygen atoms in total. The zero-order valence-electron chi connectivity index (χ0n) is 20.9. The van der Waals surface area contributed by atoms with E-state index in [0.29, 0.717) is 6.42 Å². The largest absolute Gasteiger partial charge is 1.00 e. The van der Waals surface area contributed by atoms with Crippen molar-refractivity contribution in [3.8, 4) is 47.9 Å². The van der Waals surface area contributed by atoms with Crippen molar-refractivity contribution in [1.29, 1.82) is 0 Å². The van der Waals surface area contributed by atoms with Gasteiger partial charge in [0.25, 0.3) is 0 Å². The molecule has 0 aromatic carbocycles. The maximum atomic E-state index is 12.0. The topological polar surface area (TPSA) is 125 Å². The summed E-state index contributed by atoms with van der Waals surface area (Å²) in [6.07, 6.45) is 13.4. The Labute approximate surface area is 253 Å². The zero-order chi connectivity index (χ0) is 24.8. The maximum Gasteiger partial charge on any atom is 1.00 e. The molecule has 0 saturated heterocycles. The van der Waals surface area contributed by atoms with Gasteiger partial charge in [-0.3, -0.25) is 4.79 Å². The fourth-order valence-corrected chi connectivity index (χ4v) is 2.88. The van der Waals surface area contributed by atoms with E-state index < -0.39 is 39.1 Å².